The van der Waals surface area contributed by atoms with Gasteiger partial charge in [0.05, 0.1) is 0 Å². The number of piperazine rings is 1. The van der Waals surface area contributed by atoms with Crippen molar-refractivity contribution in [2.45, 2.75) is 39.5 Å². The summed E-state index contributed by atoms with van der Waals surface area (Å²) in [5, 5.41) is 3.28. The minimum atomic E-state index is 0.244. The molecule has 1 fully saturated rings. The molecule has 0 aromatic rings. The average molecular weight is 241 g/mol. The van der Waals surface area contributed by atoms with Gasteiger partial charge in [0.15, 0.2) is 0 Å². The first-order valence-electron chi connectivity index (χ1n) is 7.04. The molecule has 0 spiro atoms. The quantitative estimate of drug-likeness (QED) is 0.771. The van der Waals surface area contributed by atoms with E-state index in [0.717, 1.165) is 65.0 Å². The lowest BCUT2D eigenvalue weighted by atomic mass is 10.2. The molecule has 1 aliphatic heterocycles. The summed E-state index contributed by atoms with van der Waals surface area (Å²) in [6.07, 6.45) is 4.53. The number of urea groups is 1. The van der Waals surface area contributed by atoms with Crippen LogP contribution in [0.2, 0.25) is 0 Å². The van der Waals surface area contributed by atoms with Crippen molar-refractivity contribution in [2.24, 2.45) is 0 Å². The lowest BCUT2D eigenvalue weighted by Crippen LogP contribution is -2.51. The van der Waals surface area contributed by atoms with Crippen LogP contribution in [0.15, 0.2) is 0 Å². The van der Waals surface area contributed by atoms with Gasteiger partial charge in [-0.3, -0.25) is 0 Å². The summed E-state index contributed by atoms with van der Waals surface area (Å²) in [5.41, 5.74) is 0. The monoisotopic (exact) mass is 241 g/mol. The maximum absolute atomic E-state index is 12.3. The second kappa shape index (κ2) is 8.34. The number of carbonyl (C=O) groups is 1. The first-order chi connectivity index (χ1) is 8.29. The fourth-order valence-corrected chi connectivity index (χ4v) is 2.06. The van der Waals surface area contributed by atoms with E-state index in [4.69, 9.17) is 0 Å². The molecule has 0 bridgehead atoms. The summed E-state index contributed by atoms with van der Waals surface area (Å²) in [7, 11) is 0. The smallest absolute Gasteiger partial charge is 0.320 e. The Morgan fingerprint density at radius 2 is 1.65 bits per heavy atom. The Kier molecular flexibility index (Phi) is 7.01. The molecule has 1 rings (SSSR count). The van der Waals surface area contributed by atoms with Crippen molar-refractivity contribution < 1.29 is 4.79 Å². The maximum atomic E-state index is 12.3. The van der Waals surface area contributed by atoms with Gasteiger partial charge in [0.2, 0.25) is 0 Å². The predicted octanol–water partition coefficient (Wildman–Crippen LogP) is 1.91. The second-order valence-electron chi connectivity index (χ2n) is 4.71. The van der Waals surface area contributed by atoms with Gasteiger partial charge < -0.3 is 15.1 Å². The van der Waals surface area contributed by atoms with Gasteiger partial charge in [-0.2, -0.15) is 0 Å². The fraction of sp³-hybridized carbons (Fsp3) is 0.923. The van der Waals surface area contributed by atoms with Crippen molar-refractivity contribution in [1.82, 2.24) is 15.1 Å². The zero-order valence-electron chi connectivity index (χ0n) is 11.4. The van der Waals surface area contributed by atoms with E-state index in [1.54, 1.807) is 0 Å². The third-order valence-corrected chi connectivity index (χ3v) is 3.22. The van der Waals surface area contributed by atoms with Crippen molar-refractivity contribution in [2.75, 3.05) is 39.3 Å². The first kappa shape index (κ1) is 14.3. The SMILES string of the molecule is CCCCN(CCCC)C(=O)N1CCNCC1. The molecule has 0 atom stereocenters. The minimum Gasteiger partial charge on any atom is -0.325 e. The molecule has 0 aromatic heterocycles. The van der Waals surface area contributed by atoms with Crippen molar-refractivity contribution >= 4 is 6.03 Å². The van der Waals surface area contributed by atoms with Crippen LogP contribution in [0, 0.1) is 0 Å². The van der Waals surface area contributed by atoms with Crippen LogP contribution < -0.4 is 5.32 Å². The zero-order valence-corrected chi connectivity index (χ0v) is 11.4. The number of rotatable bonds is 6. The average Bonchev–Trinajstić information content (AvgIpc) is 2.39. The number of hydrogen-bond donors (Lipinski definition) is 1. The van der Waals surface area contributed by atoms with Crippen LogP contribution in [0.5, 0.6) is 0 Å². The standard InChI is InChI=1S/C13H27N3O/c1-3-5-9-15(10-6-4-2)13(17)16-11-7-14-8-12-16/h14H,3-12H2,1-2H3. The molecular formula is C13H27N3O. The predicted molar refractivity (Wildman–Crippen MR) is 71.2 cm³/mol. The van der Waals surface area contributed by atoms with Crippen LogP contribution in [-0.2, 0) is 0 Å². The largest absolute Gasteiger partial charge is 0.325 e. The molecule has 1 aliphatic rings. The van der Waals surface area contributed by atoms with Gasteiger partial charge >= 0.3 is 6.03 Å². The van der Waals surface area contributed by atoms with E-state index >= 15 is 0 Å². The Bertz CT molecular complexity index is 207. The normalized spacial score (nSPS) is 16.0. The van der Waals surface area contributed by atoms with Crippen LogP contribution in [0.25, 0.3) is 0 Å². The van der Waals surface area contributed by atoms with Gasteiger partial charge in [0.1, 0.15) is 0 Å². The third-order valence-electron chi connectivity index (χ3n) is 3.22. The van der Waals surface area contributed by atoms with Gasteiger partial charge in [-0.05, 0) is 12.8 Å². The number of amides is 2. The molecule has 1 heterocycles. The van der Waals surface area contributed by atoms with Crippen LogP contribution in [0.4, 0.5) is 4.79 Å². The highest BCUT2D eigenvalue weighted by molar-refractivity contribution is 5.74. The molecule has 1 N–H and O–H groups in total. The van der Waals surface area contributed by atoms with Gasteiger partial charge in [0, 0.05) is 39.3 Å². The van der Waals surface area contributed by atoms with Gasteiger partial charge in [-0.15, -0.1) is 0 Å². The molecule has 100 valence electrons. The molecule has 4 nitrogen and oxygen atoms in total. The van der Waals surface area contributed by atoms with Gasteiger partial charge in [-0.25, -0.2) is 4.79 Å². The highest BCUT2D eigenvalue weighted by atomic mass is 16.2. The Morgan fingerprint density at radius 3 is 2.12 bits per heavy atom. The van der Waals surface area contributed by atoms with Gasteiger partial charge in [0.25, 0.3) is 0 Å². The molecule has 0 saturated carbocycles. The van der Waals surface area contributed by atoms with Crippen LogP contribution in [-0.4, -0.2) is 55.1 Å². The van der Waals surface area contributed by atoms with Gasteiger partial charge in [-0.1, -0.05) is 26.7 Å². The summed E-state index contributed by atoms with van der Waals surface area (Å²) in [6.45, 7) is 9.75. The fourth-order valence-electron chi connectivity index (χ4n) is 2.06. The molecule has 0 radical (unpaired) electrons. The minimum absolute atomic E-state index is 0.244. The zero-order chi connectivity index (χ0) is 12.5. The molecule has 4 heteroatoms. The highest BCUT2D eigenvalue weighted by Gasteiger charge is 2.21. The third kappa shape index (κ3) is 4.94. The summed E-state index contributed by atoms with van der Waals surface area (Å²) < 4.78 is 0. The molecular weight excluding hydrogens is 214 g/mol. The van der Waals surface area contributed by atoms with E-state index in [-0.39, 0.29) is 6.03 Å². The maximum Gasteiger partial charge on any atom is 0.320 e. The Balaban J connectivity index is 2.44. The van der Waals surface area contributed by atoms with Crippen LogP contribution in [0.3, 0.4) is 0 Å². The molecule has 2 amide bonds. The Hall–Kier alpha value is -0.770. The Labute approximate surface area is 105 Å². The van der Waals surface area contributed by atoms with Crippen LogP contribution in [0.1, 0.15) is 39.5 Å². The summed E-state index contributed by atoms with van der Waals surface area (Å²) in [4.78, 5) is 16.4. The van der Waals surface area contributed by atoms with E-state index < -0.39 is 0 Å². The van der Waals surface area contributed by atoms with Crippen molar-refractivity contribution in [1.29, 1.82) is 0 Å². The van der Waals surface area contributed by atoms with Crippen molar-refractivity contribution in [3.05, 3.63) is 0 Å². The van der Waals surface area contributed by atoms with Crippen LogP contribution >= 0.6 is 0 Å². The topological polar surface area (TPSA) is 35.6 Å². The lowest BCUT2D eigenvalue weighted by Gasteiger charge is -2.33. The highest BCUT2D eigenvalue weighted by Crippen LogP contribution is 2.05. The summed E-state index contributed by atoms with van der Waals surface area (Å²) in [6, 6.07) is 0.244. The summed E-state index contributed by atoms with van der Waals surface area (Å²) >= 11 is 0. The lowest BCUT2D eigenvalue weighted by molar-refractivity contribution is 0.145. The van der Waals surface area contributed by atoms with Crippen molar-refractivity contribution in [3.63, 3.8) is 0 Å². The number of nitrogens with zero attached hydrogens (tertiary/aromatic N) is 2. The van der Waals surface area contributed by atoms with E-state index in [9.17, 15) is 4.79 Å². The molecule has 0 aliphatic carbocycles. The van der Waals surface area contributed by atoms with E-state index in [1.165, 1.54) is 0 Å². The number of carbonyl (C=O) groups excluding carboxylic acids is 1. The number of hydrogen-bond acceptors (Lipinski definition) is 2. The van der Waals surface area contributed by atoms with E-state index in [2.05, 4.69) is 19.2 Å². The van der Waals surface area contributed by atoms with E-state index in [0.29, 0.717) is 0 Å². The molecule has 17 heavy (non-hydrogen) atoms. The molecule has 1 saturated heterocycles. The van der Waals surface area contributed by atoms with Crippen molar-refractivity contribution in [3.8, 4) is 0 Å². The molecule has 0 unspecified atom stereocenters. The number of nitrogens with one attached hydrogen (secondary N) is 1. The van der Waals surface area contributed by atoms with E-state index in [1.807, 2.05) is 9.80 Å². The first-order valence-corrected chi connectivity index (χ1v) is 7.04. The summed E-state index contributed by atoms with van der Waals surface area (Å²) in [5.74, 6) is 0. The second-order valence-corrected chi connectivity index (χ2v) is 4.71. The molecule has 0 aromatic carbocycles. The Morgan fingerprint density at radius 1 is 1.12 bits per heavy atom. The number of unbranched alkanes of at least 4 members (excludes halogenated alkanes) is 2.